The van der Waals surface area contributed by atoms with Gasteiger partial charge in [-0.3, -0.25) is 9.69 Å². The molecule has 0 unspecified atom stereocenters. The number of likely N-dealkylation sites (tertiary alicyclic amines) is 1. The van der Waals surface area contributed by atoms with Gasteiger partial charge in [-0.2, -0.15) is 0 Å². The SMILES string of the molecule is O=C(CN1CCOCC1)N1CCC[C@]2(CCCN2c2ncnc3ccccc23)CC1. The highest BCUT2D eigenvalue weighted by atomic mass is 16.5. The first-order valence-corrected chi connectivity index (χ1v) is 11.3. The van der Waals surface area contributed by atoms with E-state index in [1.165, 1.54) is 12.8 Å². The zero-order valence-corrected chi connectivity index (χ0v) is 17.6. The molecule has 3 aliphatic heterocycles. The zero-order valence-electron chi connectivity index (χ0n) is 17.6. The van der Waals surface area contributed by atoms with Crippen LogP contribution in [0.25, 0.3) is 10.9 Å². The van der Waals surface area contributed by atoms with Crippen LogP contribution in [0.1, 0.15) is 32.1 Å². The van der Waals surface area contributed by atoms with Gasteiger partial charge in [-0.05, 0) is 44.2 Å². The fourth-order valence-corrected chi connectivity index (χ4v) is 5.47. The normalized spacial score (nSPS) is 25.7. The quantitative estimate of drug-likeness (QED) is 0.775. The molecule has 160 valence electrons. The molecule has 2 aromatic rings. The Morgan fingerprint density at radius 2 is 1.77 bits per heavy atom. The number of nitrogens with zero attached hydrogens (tertiary/aromatic N) is 5. The number of hydrogen-bond donors (Lipinski definition) is 0. The molecule has 0 N–H and O–H groups in total. The Morgan fingerprint density at radius 1 is 0.967 bits per heavy atom. The fraction of sp³-hybridized carbons (Fsp3) is 0.609. The minimum absolute atomic E-state index is 0.102. The molecular weight excluding hydrogens is 378 g/mol. The maximum Gasteiger partial charge on any atom is 0.236 e. The highest BCUT2D eigenvalue weighted by molar-refractivity contribution is 5.89. The number of carbonyl (C=O) groups excluding carboxylic acids is 1. The van der Waals surface area contributed by atoms with Crippen molar-refractivity contribution >= 4 is 22.6 Å². The van der Waals surface area contributed by atoms with E-state index in [2.05, 4.69) is 37.9 Å². The molecule has 7 heteroatoms. The monoisotopic (exact) mass is 409 g/mol. The Hall–Kier alpha value is -2.25. The van der Waals surface area contributed by atoms with E-state index in [-0.39, 0.29) is 11.4 Å². The number of carbonyl (C=O) groups is 1. The van der Waals surface area contributed by atoms with Crippen LogP contribution in [0.3, 0.4) is 0 Å². The summed E-state index contributed by atoms with van der Waals surface area (Å²) in [6, 6.07) is 8.29. The molecule has 30 heavy (non-hydrogen) atoms. The van der Waals surface area contributed by atoms with Gasteiger partial charge in [-0.1, -0.05) is 12.1 Å². The third-order valence-corrected chi connectivity index (χ3v) is 7.11. The molecule has 1 atom stereocenters. The minimum Gasteiger partial charge on any atom is -0.379 e. The fourth-order valence-electron chi connectivity index (χ4n) is 5.47. The van der Waals surface area contributed by atoms with E-state index in [1.807, 2.05) is 6.07 Å². The molecule has 3 aliphatic rings. The number of rotatable bonds is 3. The molecule has 1 aromatic heterocycles. The van der Waals surface area contributed by atoms with Gasteiger partial charge in [0.2, 0.25) is 5.91 Å². The van der Waals surface area contributed by atoms with Crippen molar-refractivity contribution in [2.45, 2.75) is 37.6 Å². The van der Waals surface area contributed by atoms with Crippen molar-refractivity contribution in [2.24, 2.45) is 0 Å². The Labute approximate surface area is 178 Å². The van der Waals surface area contributed by atoms with Crippen molar-refractivity contribution in [3.63, 3.8) is 0 Å². The second-order valence-corrected chi connectivity index (χ2v) is 8.82. The molecule has 5 rings (SSSR count). The van der Waals surface area contributed by atoms with Gasteiger partial charge in [0.25, 0.3) is 0 Å². The van der Waals surface area contributed by atoms with Crippen LogP contribution in [0.15, 0.2) is 30.6 Å². The predicted molar refractivity (Wildman–Crippen MR) is 117 cm³/mol. The van der Waals surface area contributed by atoms with Crippen molar-refractivity contribution in [1.29, 1.82) is 0 Å². The molecule has 1 amide bonds. The lowest BCUT2D eigenvalue weighted by Gasteiger charge is -2.39. The number of fused-ring (bicyclic) bond motifs is 1. The first kappa shape index (κ1) is 19.7. The molecule has 4 heterocycles. The van der Waals surface area contributed by atoms with Crippen LogP contribution in [0.2, 0.25) is 0 Å². The average molecular weight is 410 g/mol. The van der Waals surface area contributed by atoms with Crippen LogP contribution in [0.4, 0.5) is 5.82 Å². The number of aromatic nitrogens is 2. The number of anilines is 1. The molecule has 0 aliphatic carbocycles. The van der Waals surface area contributed by atoms with Crippen molar-refractivity contribution < 1.29 is 9.53 Å². The van der Waals surface area contributed by atoms with E-state index in [0.717, 1.165) is 81.9 Å². The highest BCUT2D eigenvalue weighted by Gasteiger charge is 2.43. The van der Waals surface area contributed by atoms with Crippen molar-refractivity contribution in [1.82, 2.24) is 19.8 Å². The summed E-state index contributed by atoms with van der Waals surface area (Å²) in [4.78, 5) is 29.0. The molecular formula is C23H31N5O2. The summed E-state index contributed by atoms with van der Waals surface area (Å²) in [6.07, 6.45) is 7.23. The molecule has 0 radical (unpaired) electrons. The van der Waals surface area contributed by atoms with Crippen LogP contribution >= 0.6 is 0 Å². The van der Waals surface area contributed by atoms with E-state index >= 15 is 0 Å². The lowest BCUT2D eigenvalue weighted by molar-refractivity contribution is -0.133. The Balaban J connectivity index is 1.32. The highest BCUT2D eigenvalue weighted by Crippen LogP contribution is 2.42. The average Bonchev–Trinajstić information content (AvgIpc) is 3.06. The Kier molecular flexibility index (Phi) is 5.56. The standard InChI is InChI=1S/C23H31N5O2/c29-21(17-26-13-15-30-16-14-26)27-10-3-7-23(9-12-27)8-4-11-28(23)22-19-5-1-2-6-20(19)24-18-25-22/h1-2,5-6,18H,3-4,7-17H2/t23-/m0/s1. The zero-order chi connectivity index (χ0) is 20.4. The van der Waals surface area contributed by atoms with E-state index in [4.69, 9.17) is 9.72 Å². The van der Waals surface area contributed by atoms with Gasteiger partial charge in [0.05, 0.1) is 25.3 Å². The summed E-state index contributed by atoms with van der Waals surface area (Å²) in [7, 11) is 0. The number of ether oxygens (including phenoxy) is 1. The molecule has 3 saturated heterocycles. The Bertz CT molecular complexity index is 895. The summed E-state index contributed by atoms with van der Waals surface area (Å²) < 4.78 is 5.41. The van der Waals surface area contributed by atoms with Crippen molar-refractivity contribution in [3.05, 3.63) is 30.6 Å². The summed E-state index contributed by atoms with van der Waals surface area (Å²) in [5.41, 5.74) is 1.10. The van der Waals surface area contributed by atoms with Crippen molar-refractivity contribution in [3.8, 4) is 0 Å². The van der Waals surface area contributed by atoms with E-state index in [9.17, 15) is 4.79 Å². The van der Waals surface area contributed by atoms with Crippen LogP contribution < -0.4 is 4.90 Å². The largest absolute Gasteiger partial charge is 0.379 e. The number of morpholine rings is 1. The maximum absolute atomic E-state index is 13.0. The summed E-state index contributed by atoms with van der Waals surface area (Å²) in [5, 5.41) is 1.13. The van der Waals surface area contributed by atoms with Gasteiger partial charge in [-0.15, -0.1) is 0 Å². The summed E-state index contributed by atoms with van der Waals surface area (Å²) in [6.45, 7) is 6.44. The van der Waals surface area contributed by atoms with E-state index < -0.39 is 0 Å². The van der Waals surface area contributed by atoms with Crippen LogP contribution in [-0.2, 0) is 9.53 Å². The van der Waals surface area contributed by atoms with Crippen LogP contribution in [0.5, 0.6) is 0 Å². The van der Waals surface area contributed by atoms with Crippen LogP contribution in [0, 0.1) is 0 Å². The third-order valence-electron chi connectivity index (χ3n) is 7.11. The molecule has 1 spiro atoms. The van der Waals surface area contributed by atoms with Gasteiger partial charge in [-0.25, -0.2) is 9.97 Å². The van der Waals surface area contributed by atoms with Gasteiger partial charge in [0.1, 0.15) is 12.1 Å². The lowest BCUT2D eigenvalue weighted by atomic mass is 9.87. The van der Waals surface area contributed by atoms with Crippen LogP contribution in [-0.4, -0.2) is 83.7 Å². The number of hydrogen-bond acceptors (Lipinski definition) is 6. The minimum atomic E-state index is 0.102. The van der Waals surface area contributed by atoms with Gasteiger partial charge in [0, 0.05) is 43.6 Å². The molecule has 0 bridgehead atoms. The van der Waals surface area contributed by atoms with Gasteiger partial charge < -0.3 is 14.5 Å². The number of amides is 1. The summed E-state index contributed by atoms with van der Waals surface area (Å²) >= 11 is 0. The third kappa shape index (κ3) is 3.76. The first-order valence-electron chi connectivity index (χ1n) is 11.3. The molecule has 7 nitrogen and oxygen atoms in total. The number of para-hydroxylation sites is 1. The lowest BCUT2D eigenvalue weighted by Crippen LogP contribution is -2.47. The van der Waals surface area contributed by atoms with E-state index in [1.54, 1.807) is 6.33 Å². The van der Waals surface area contributed by atoms with Gasteiger partial charge in [0.15, 0.2) is 0 Å². The maximum atomic E-state index is 13.0. The predicted octanol–water partition coefficient (Wildman–Crippen LogP) is 2.31. The first-order chi connectivity index (χ1) is 14.8. The molecule has 3 fully saturated rings. The smallest absolute Gasteiger partial charge is 0.236 e. The van der Waals surface area contributed by atoms with Gasteiger partial charge >= 0.3 is 0 Å². The number of benzene rings is 1. The summed E-state index contributed by atoms with van der Waals surface area (Å²) in [5.74, 6) is 1.33. The van der Waals surface area contributed by atoms with Crippen molar-refractivity contribution in [2.75, 3.05) is 57.4 Å². The molecule has 0 saturated carbocycles. The second-order valence-electron chi connectivity index (χ2n) is 8.82. The Morgan fingerprint density at radius 3 is 2.63 bits per heavy atom. The molecule has 1 aromatic carbocycles. The van der Waals surface area contributed by atoms with E-state index in [0.29, 0.717) is 6.54 Å². The topological polar surface area (TPSA) is 61.8 Å². The second kappa shape index (κ2) is 8.47.